The molecule has 5 aromatic rings. The van der Waals surface area contributed by atoms with Crippen LogP contribution in [0.4, 0.5) is 10.2 Å². The van der Waals surface area contributed by atoms with Gasteiger partial charge < -0.3 is 5.32 Å². The van der Waals surface area contributed by atoms with E-state index >= 15 is 0 Å². The third-order valence-electron chi connectivity index (χ3n) is 4.75. The Hall–Kier alpha value is -4.21. The number of fused-ring (bicyclic) bond motifs is 1. The van der Waals surface area contributed by atoms with Crippen LogP contribution in [0.25, 0.3) is 28.2 Å². The molecule has 0 aliphatic carbocycles. The highest BCUT2D eigenvalue weighted by Gasteiger charge is 2.12. The van der Waals surface area contributed by atoms with Gasteiger partial charge in [0, 0.05) is 11.6 Å². The van der Waals surface area contributed by atoms with Gasteiger partial charge >= 0.3 is 0 Å². The highest BCUT2D eigenvalue weighted by atomic mass is 19.1. The molecule has 10 heteroatoms. The van der Waals surface area contributed by atoms with Crippen molar-refractivity contribution in [2.75, 3.05) is 5.32 Å². The summed E-state index contributed by atoms with van der Waals surface area (Å²) >= 11 is 0. The van der Waals surface area contributed by atoms with Gasteiger partial charge in [0.2, 0.25) is 5.82 Å². The molecule has 0 unspecified atom stereocenters. The second-order valence-electron chi connectivity index (χ2n) is 6.73. The van der Waals surface area contributed by atoms with E-state index in [-0.39, 0.29) is 11.9 Å². The molecule has 0 spiro atoms. The van der Waals surface area contributed by atoms with Gasteiger partial charge in [-0.1, -0.05) is 12.1 Å². The Bertz CT molecular complexity index is 1300. The lowest BCUT2D eigenvalue weighted by Gasteiger charge is -2.15. The minimum absolute atomic E-state index is 0.0628. The highest BCUT2D eigenvalue weighted by Crippen LogP contribution is 2.23. The van der Waals surface area contributed by atoms with Crippen LogP contribution in [0, 0.1) is 5.82 Å². The molecule has 5 rings (SSSR count). The number of nitrogens with one attached hydrogen (secondary N) is 2. The van der Waals surface area contributed by atoms with Crippen LogP contribution >= 0.6 is 0 Å². The Morgan fingerprint density at radius 2 is 1.97 bits per heavy atom. The lowest BCUT2D eigenvalue weighted by atomic mass is 10.1. The summed E-state index contributed by atoms with van der Waals surface area (Å²) in [7, 11) is 0. The Balaban J connectivity index is 1.43. The van der Waals surface area contributed by atoms with Crippen molar-refractivity contribution in [2.24, 2.45) is 0 Å². The lowest BCUT2D eigenvalue weighted by Crippen LogP contribution is -2.09. The number of aromatic nitrogens is 8. The summed E-state index contributed by atoms with van der Waals surface area (Å²) in [6, 6.07) is 12.0. The predicted molar refractivity (Wildman–Crippen MR) is 108 cm³/mol. The van der Waals surface area contributed by atoms with Crippen molar-refractivity contribution in [1.82, 2.24) is 40.1 Å². The quantitative estimate of drug-likeness (QED) is 0.465. The summed E-state index contributed by atoms with van der Waals surface area (Å²) in [6.07, 6.45) is 5.01. The maximum Gasteiger partial charge on any atom is 0.204 e. The van der Waals surface area contributed by atoms with Crippen LogP contribution in [-0.2, 0) is 0 Å². The molecule has 0 bridgehead atoms. The first-order valence-corrected chi connectivity index (χ1v) is 9.23. The molecule has 148 valence electrons. The number of H-pyrrole nitrogens is 1. The molecular weight excluding hydrogens is 385 g/mol. The van der Waals surface area contributed by atoms with Gasteiger partial charge in [0.15, 0.2) is 5.82 Å². The maximum atomic E-state index is 13.2. The molecule has 1 atom stereocenters. The van der Waals surface area contributed by atoms with E-state index in [2.05, 4.69) is 40.9 Å². The smallest absolute Gasteiger partial charge is 0.204 e. The summed E-state index contributed by atoms with van der Waals surface area (Å²) < 4.78 is 15.0. The molecule has 0 saturated heterocycles. The minimum Gasteiger partial charge on any atom is -0.362 e. The third kappa shape index (κ3) is 3.34. The Morgan fingerprint density at radius 3 is 2.77 bits per heavy atom. The molecule has 0 amide bonds. The van der Waals surface area contributed by atoms with E-state index in [1.807, 2.05) is 29.7 Å². The number of tetrazole rings is 1. The predicted octanol–water partition coefficient (Wildman–Crippen LogP) is 3.31. The van der Waals surface area contributed by atoms with Crippen LogP contribution in [0.5, 0.6) is 0 Å². The van der Waals surface area contributed by atoms with E-state index in [0.29, 0.717) is 17.5 Å². The van der Waals surface area contributed by atoms with E-state index in [0.717, 1.165) is 22.2 Å². The molecule has 3 heterocycles. The number of hydrogen-bond acceptors (Lipinski definition) is 7. The molecule has 0 fully saturated rings. The van der Waals surface area contributed by atoms with Crippen molar-refractivity contribution >= 4 is 16.9 Å². The van der Waals surface area contributed by atoms with Gasteiger partial charge in [-0.3, -0.25) is 9.55 Å². The monoisotopic (exact) mass is 401 g/mol. The van der Waals surface area contributed by atoms with Crippen LogP contribution in [0.1, 0.15) is 18.5 Å². The first-order chi connectivity index (χ1) is 14.7. The molecular formula is C20H16FN9. The fraction of sp³-hybridized carbons (Fsp3) is 0.100. The highest BCUT2D eigenvalue weighted by molar-refractivity contribution is 5.81. The fourth-order valence-corrected chi connectivity index (χ4v) is 3.22. The van der Waals surface area contributed by atoms with Gasteiger partial charge in [-0.05, 0) is 48.0 Å². The zero-order valence-corrected chi connectivity index (χ0v) is 15.9. The second-order valence-corrected chi connectivity index (χ2v) is 6.73. The summed E-state index contributed by atoms with van der Waals surface area (Å²) in [6.45, 7) is 1.98. The molecule has 0 radical (unpaired) electrons. The van der Waals surface area contributed by atoms with E-state index in [1.54, 1.807) is 30.9 Å². The fourth-order valence-electron chi connectivity index (χ4n) is 3.22. The van der Waals surface area contributed by atoms with Crippen molar-refractivity contribution in [3.63, 3.8) is 0 Å². The van der Waals surface area contributed by atoms with Crippen molar-refractivity contribution in [3.8, 4) is 17.2 Å². The average molecular weight is 401 g/mol. The van der Waals surface area contributed by atoms with Crippen LogP contribution in [0.3, 0.4) is 0 Å². The molecule has 0 saturated carbocycles. The number of rotatable bonds is 5. The van der Waals surface area contributed by atoms with Crippen LogP contribution in [0.15, 0.2) is 61.2 Å². The SMILES string of the molecule is C[C@H](Nc1cncc(-n2cnc3cc(-c4nn[nH]n4)ccc32)n1)c1ccc(F)cc1. The Kier molecular flexibility index (Phi) is 4.36. The zero-order valence-electron chi connectivity index (χ0n) is 15.9. The largest absolute Gasteiger partial charge is 0.362 e. The van der Waals surface area contributed by atoms with E-state index in [9.17, 15) is 4.39 Å². The van der Waals surface area contributed by atoms with Crippen LogP contribution < -0.4 is 5.32 Å². The van der Waals surface area contributed by atoms with E-state index in [4.69, 9.17) is 0 Å². The number of nitrogens with zero attached hydrogens (tertiary/aromatic N) is 7. The standard InChI is InChI=1S/C20H16FN9/c1-12(13-2-5-15(21)6-3-13)24-18-9-22-10-19(25-18)30-11-23-16-8-14(4-7-17(16)30)20-26-28-29-27-20/h2-12H,1H3,(H,24,25)(H,26,27,28,29)/t12-/m0/s1. The molecule has 30 heavy (non-hydrogen) atoms. The first kappa shape index (κ1) is 17.9. The van der Waals surface area contributed by atoms with Gasteiger partial charge in [0.25, 0.3) is 0 Å². The zero-order chi connectivity index (χ0) is 20.5. The van der Waals surface area contributed by atoms with Gasteiger partial charge in [0.1, 0.15) is 18.0 Å². The van der Waals surface area contributed by atoms with Gasteiger partial charge in [-0.2, -0.15) is 5.21 Å². The summed E-state index contributed by atoms with van der Waals surface area (Å²) in [5.41, 5.74) is 3.42. The number of imidazole rings is 1. The maximum absolute atomic E-state index is 13.2. The molecule has 2 N–H and O–H groups in total. The van der Waals surface area contributed by atoms with Crippen molar-refractivity contribution in [1.29, 1.82) is 0 Å². The van der Waals surface area contributed by atoms with Crippen LogP contribution in [-0.4, -0.2) is 40.1 Å². The van der Waals surface area contributed by atoms with E-state index in [1.165, 1.54) is 12.1 Å². The normalized spacial score (nSPS) is 12.2. The molecule has 2 aromatic carbocycles. The molecule has 0 aliphatic heterocycles. The molecule has 0 aliphatic rings. The van der Waals surface area contributed by atoms with E-state index < -0.39 is 0 Å². The molecule has 9 nitrogen and oxygen atoms in total. The lowest BCUT2D eigenvalue weighted by molar-refractivity contribution is 0.626. The Labute approximate surface area is 170 Å². The summed E-state index contributed by atoms with van der Waals surface area (Å²) in [4.78, 5) is 13.4. The average Bonchev–Trinajstić information content (AvgIpc) is 3.44. The second kappa shape index (κ2) is 7.32. The van der Waals surface area contributed by atoms with Crippen molar-refractivity contribution in [2.45, 2.75) is 13.0 Å². The summed E-state index contributed by atoms with van der Waals surface area (Å²) in [5.74, 6) is 1.48. The third-order valence-corrected chi connectivity index (χ3v) is 4.75. The Morgan fingerprint density at radius 1 is 1.10 bits per heavy atom. The van der Waals surface area contributed by atoms with Crippen molar-refractivity contribution < 1.29 is 4.39 Å². The number of aromatic amines is 1. The molecule has 3 aromatic heterocycles. The topological polar surface area (TPSA) is 110 Å². The van der Waals surface area contributed by atoms with Gasteiger partial charge in [-0.25, -0.2) is 14.4 Å². The van der Waals surface area contributed by atoms with Gasteiger partial charge in [0.05, 0.1) is 23.4 Å². The number of halogens is 1. The first-order valence-electron chi connectivity index (χ1n) is 9.23. The van der Waals surface area contributed by atoms with Crippen molar-refractivity contribution in [3.05, 3.63) is 72.6 Å². The van der Waals surface area contributed by atoms with Gasteiger partial charge in [-0.15, -0.1) is 10.2 Å². The van der Waals surface area contributed by atoms with Crippen LogP contribution in [0.2, 0.25) is 0 Å². The number of benzene rings is 2. The minimum atomic E-state index is -0.262. The number of hydrogen-bond donors (Lipinski definition) is 2. The summed E-state index contributed by atoms with van der Waals surface area (Å²) in [5, 5.41) is 17.3. The number of anilines is 1.